The van der Waals surface area contributed by atoms with Crippen molar-refractivity contribution in [3.05, 3.63) is 62.8 Å². The lowest BCUT2D eigenvalue weighted by Crippen LogP contribution is -2.51. The average molecular weight is 413 g/mol. The summed E-state index contributed by atoms with van der Waals surface area (Å²) >= 11 is 9.34. The minimum Gasteiger partial charge on any atom is -0.477 e. The molecule has 0 saturated carbocycles. The Morgan fingerprint density at radius 2 is 2.08 bits per heavy atom. The molecule has 126 valence electrons. The molecular weight excluding hydrogens is 397 g/mol. The molecule has 24 heavy (non-hydrogen) atoms. The predicted molar refractivity (Wildman–Crippen MR) is 93.8 cm³/mol. The van der Waals surface area contributed by atoms with E-state index in [1.165, 1.54) is 6.07 Å². The number of hydrogen-bond acceptors (Lipinski definition) is 3. The molecule has 0 aliphatic carbocycles. The number of benzene rings is 2. The molecule has 2 aromatic carbocycles. The Bertz CT molecular complexity index is 782. The van der Waals surface area contributed by atoms with Crippen LogP contribution in [0.1, 0.15) is 30.1 Å². The van der Waals surface area contributed by atoms with E-state index in [0.29, 0.717) is 15.8 Å². The molecule has 1 saturated heterocycles. The smallest absolute Gasteiger partial charge is 0.179 e. The zero-order valence-corrected chi connectivity index (χ0v) is 15.1. The van der Waals surface area contributed by atoms with Gasteiger partial charge >= 0.3 is 0 Å². The van der Waals surface area contributed by atoms with E-state index < -0.39 is 17.5 Å². The van der Waals surface area contributed by atoms with E-state index in [4.69, 9.17) is 16.3 Å². The zero-order chi connectivity index (χ0) is 16.9. The summed E-state index contributed by atoms with van der Waals surface area (Å²) in [4.78, 5) is 0. The Morgan fingerprint density at radius 1 is 1.33 bits per heavy atom. The van der Waals surface area contributed by atoms with Crippen LogP contribution in [0.5, 0.6) is 5.75 Å². The maximum Gasteiger partial charge on any atom is 0.179 e. The second-order valence-corrected chi connectivity index (χ2v) is 7.38. The normalized spacial score (nSPS) is 28.7. The second kappa shape index (κ2) is 5.99. The number of aliphatic hydroxyl groups is 1. The van der Waals surface area contributed by atoms with Crippen LogP contribution in [0.2, 0.25) is 5.02 Å². The van der Waals surface area contributed by atoms with Crippen LogP contribution < -0.4 is 10.1 Å². The molecule has 2 aliphatic heterocycles. The summed E-state index contributed by atoms with van der Waals surface area (Å²) in [5, 5.41) is 14.6. The Balaban J connectivity index is 1.92. The van der Waals surface area contributed by atoms with Gasteiger partial charge in [-0.05, 0) is 40.9 Å². The SMILES string of the molecule is O[C@H]1c2c(cc(F)c(Cl)c2Br)O[C@@]1(c1ccccc1)[C@@H]1CCCN1. The quantitative estimate of drug-likeness (QED) is 0.722. The third-order valence-corrected chi connectivity index (χ3v) is 6.35. The highest BCUT2D eigenvalue weighted by molar-refractivity contribution is 9.10. The second-order valence-electron chi connectivity index (χ2n) is 6.21. The third kappa shape index (κ3) is 2.22. The topological polar surface area (TPSA) is 41.5 Å². The summed E-state index contributed by atoms with van der Waals surface area (Å²) in [6, 6.07) is 10.8. The van der Waals surface area contributed by atoms with Crippen molar-refractivity contribution >= 4 is 27.5 Å². The molecular formula is C18H16BrClFNO2. The van der Waals surface area contributed by atoms with Gasteiger partial charge in [-0.1, -0.05) is 41.9 Å². The first-order valence-electron chi connectivity index (χ1n) is 7.89. The fraction of sp³-hybridized carbons (Fsp3) is 0.333. The average Bonchev–Trinajstić information content (AvgIpc) is 3.21. The van der Waals surface area contributed by atoms with Crippen molar-refractivity contribution in [1.29, 1.82) is 0 Å². The van der Waals surface area contributed by atoms with E-state index in [1.807, 2.05) is 30.3 Å². The number of hydrogen-bond donors (Lipinski definition) is 2. The van der Waals surface area contributed by atoms with Gasteiger partial charge in [0.1, 0.15) is 17.7 Å². The van der Waals surface area contributed by atoms with Gasteiger partial charge in [0.25, 0.3) is 0 Å². The predicted octanol–water partition coefficient (Wildman–Crippen LogP) is 4.31. The summed E-state index contributed by atoms with van der Waals surface area (Å²) in [7, 11) is 0. The summed E-state index contributed by atoms with van der Waals surface area (Å²) in [5.74, 6) is -0.244. The van der Waals surface area contributed by atoms with E-state index >= 15 is 0 Å². The van der Waals surface area contributed by atoms with E-state index in [2.05, 4.69) is 21.2 Å². The summed E-state index contributed by atoms with van der Waals surface area (Å²) in [6.45, 7) is 0.863. The van der Waals surface area contributed by atoms with Crippen LogP contribution in [0, 0.1) is 5.82 Å². The first kappa shape index (κ1) is 16.3. The highest BCUT2D eigenvalue weighted by Crippen LogP contribution is 2.55. The summed E-state index contributed by atoms with van der Waals surface area (Å²) in [6.07, 6.45) is 0.911. The summed E-state index contributed by atoms with van der Waals surface area (Å²) in [5.41, 5.74) is 0.357. The van der Waals surface area contributed by atoms with Crippen molar-refractivity contribution in [2.75, 3.05) is 6.54 Å². The lowest BCUT2D eigenvalue weighted by molar-refractivity contribution is -0.0568. The molecule has 2 heterocycles. The minimum atomic E-state index is -1.00. The molecule has 0 spiro atoms. The van der Waals surface area contributed by atoms with Crippen LogP contribution >= 0.6 is 27.5 Å². The summed E-state index contributed by atoms with van der Waals surface area (Å²) < 4.78 is 20.7. The van der Waals surface area contributed by atoms with Gasteiger partial charge in [0.05, 0.1) is 11.1 Å². The van der Waals surface area contributed by atoms with Crippen LogP contribution in [0.15, 0.2) is 40.9 Å². The number of nitrogens with one attached hydrogen (secondary N) is 1. The maximum absolute atomic E-state index is 14.1. The fourth-order valence-corrected chi connectivity index (χ4v) is 4.57. The van der Waals surface area contributed by atoms with E-state index in [9.17, 15) is 9.50 Å². The first-order chi connectivity index (χ1) is 11.6. The number of aliphatic hydroxyl groups excluding tert-OH is 1. The van der Waals surface area contributed by atoms with Crippen molar-refractivity contribution in [2.24, 2.45) is 0 Å². The van der Waals surface area contributed by atoms with Crippen molar-refractivity contribution < 1.29 is 14.2 Å². The Morgan fingerprint density at radius 3 is 2.75 bits per heavy atom. The largest absolute Gasteiger partial charge is 0.477 e. The highest BCUT2D eigenvalue weighted by Gasteiger charge is 2.56. The van der Waals surface area contributed by atoms with Crippen molar-refractivity contribution in [3.8, 4) is 5.75 Å². The number of ether oxygens (including phenoxy) is 1. The highest BCUT2D eigenvalue weighted by atomic mass is 79.9. The van der Waals surface area contributed by atoms with Crippen LogP contribution in [0.4, 0.5) is 4.39 Å². The van der Waals surface area contributed by atoms with Crippen LogP contribution in [-0.4, -0.2) is 17.7 Å². The molecule has 1 fully saturated rings. The van der Waals surface area contributed by atoms with Gasteiger partial charge < -0.3 is 15.2 Å². The number of rotatable bonds is 2. The maximum atomic E-state index is 14.1. The third-order valence-electron chi connectivity index (χ3n) is 4.92. The standard InChI is InChI=1S/C18H16BrClFNO2/c19-15-14-12(9-11(21)16(15)20)24-18(17(14)23,13-7-4-8-22-13)10-5-2-1-3-6-10/h1-3,5-6,9,13,17,22-23H,4,7-8H2/t13-,17-,18-/m0/s1. The molecule has 0 aromatic heterocycles. The van der Waals surface area contributed by atoms with Gasteiger partial charge in [-0.2, -0.15) is 0 Å². The molecule has 3 nitrogen and oxygen atoms in total. The molecule has 2 aromatic rings. The van der Waals surface area contributed by atoms with Gasteiger partial charge in [0.15, 0.2) is 5.60 Å². The monoisotopic (exact) mass is 411 g/mol. The molecule has 6 heteroatoms. The molecule has 2 aliphatic rings. The van der Waals surface area contributed by atoms with E-state index in [1.54, 1.807) is 0 Å². The van der Waals surface area contributed by atoms with Crippen molar-refractivity contribution in [1.82, 2.24) is 5.32 Å². The molecule has 4 rings (SSSR count). The molecule has 0 radical (unpaired) electrons. The van der Waals surface area contributed by atoms with Gasteiger partial charge in [-0.25, -0.2) is 4.39 Å². The van der Waals surface area contributed by atoms with E-state index in [0.717, 1.165) is 24.9 Å². The molecule has 0 unspecified atom stereocenters. The lowest BCUT2D eigenvalue weighted by Gasteiger charge is -2.38. The molecule has 0 bridgehead atoms. The fourth-order valence-electron chi connectivity index (χ4n) is 3.81. The Labute approximate surface area is 152 Å². The molecule has 0 amide bonds. The Kier molecular flexibility index (Phi) is 4.07. The van der Waals surface area contributed by atoms with Crippen molar-refractivity contribution in [2.45, 2.75) is 30.6 Å². The van der Waals surface area contributed by atoms with Gasteiger partial charge in [0, 0.05) is 16.1 Å². The van der Waals surface area contributed by atoms with Crippen LogP contribution in [0.3, 0.4) is 0 Å². The zero-order valence-electron chi connectivity index (χ0n) is 12.7. The number of fused-ring (bicyclic) bond motifs is 1. The lowest BCUT2D eigenvalue weighted by atomic mass is 9.79. The minimum absolute atomic E-state index is 0.0420. The molecule has 2 N–H and O–H groups in total. The van der Waals surface area contributed by atoms with Crippen LogP contribution in [-0.2, 0) is 5.60 Å². The van der Waals surface area contributed by atoms with Gasteiger partial charge in [-0.3, -0.25) is 0 Å². The molecule has 3 atom stereocenters. The van der Waals surface area contributed by atoms with E-state index in [-0.39, 0.29) is 11.1 Å². The first-order valence-corrected chi connectivity index (χ1v) is 9.06. The van der Waals surface area contributed by atoms with Gasteiger partial charge in [0.2, 0.25) is 0 Å². The van der Waals surface area contributed by atoms with Gasteiger partial charge in [-0.15, -0.1) is 0 Å². The Hall–Kier alpha value is -1.14. The van der Waals surface area contributed by atoms with Crippen molar-refractivity contribution in [3.63, 3.8) is 0 Å². The van der Waals surface area contributed by atoms with Crippen LogP contribution in [0.25, 0.3) is 0 Å². The number of halogens is 3.